The molecule has 0 unspecified atom stereocenters. The highest BCUT2D eigenvalue weighted by Crippen LogP contribution is 2.21. The third-order valence-electron chi connectivity index (χ3n) is 4.83. The number of nitrogens with one attached hydrogen (secondary N) is 1. The Bertz CT molecular complexity index is 899. The van der Waals surface area contributed by atoms with Crippen LogP contribution in [0.15, 0.2) is 47.4 Å². The molecule has 26 heavy (non-hydrogen) atoms. The second-order valence-electron chi connectivity index (χ2n) is 6.74. The Labute approximate surface area is 155 Å². The number of carbonyl (C=O) groups excluding carboxylic acids is 1. The van der Waals surface area contributed by atoms with Crippen molar-refractivity contribution in [3.05, 3.63) is 59.2 Å². The molecule has 2 aromatic carbocycles. The van der Waals surface area contributed by atoms with E-state index in [1.807, 2.05) is 32.0 Å². The van der Waals surface area contributed by atoms with Crippen molar-refractivity contribution in [2.75, 3.05) is 18.4 Å². The van der Waals surface area contributed by atoms with Crippen molar-refractivity contribution in [1.29, 1.82) is 0 Å². The Morgan fingerprint density at radius 2 is 1.58 bits per heavy atom. The molecule has 1 N–H and O–H groups in total. The number of nitrogens with zero attached hydrogens (tertiary/aromatic N) is 1. The van der Waals surface area contributed by atoms with E-state index in [2.05, 4.69) is 5.32 Å². The van der Waals surface area contributed by atoms with E-state index < -0.39 is 10.0 Å². The minimum atomic E-state index is -3.47. The van der Waals surface area contributed by atoms with Gasteiger partial charge in [-0.15, -0.1) is 0 Å². The minimum absolute atomic E-state index is 0.238. The van der Waals surface area contributed by atoms with Crippen LogP contribution in [-0.2, 0) is 10.0 Å². The van der Waals surface area contributed by atoms with Crippen molar-refractivity contribution in [2.45, 2.75) is 38.0 Å². The van der Waals surface area contributed by atoms with Crippen molar-refractivity contribution in [2.24, 2.45) is 0 Å². The van der Waals surface area contributed by atoms with Crippen LogP contribution in [0.4, 0.5) is 5.69 Å². The van der Waals surface area contributed by atoms with Crippen LogP contribution < -0.4 is 5.32 Å². The molecule has 0 aliphatic carbocycles. The molecule has 0 aromatic heterocycles. The Morgan fingerprint density at radius 1 is 0.923 bits per heavy atom. The maximum absolute atomic E-state index is 12.7. The lowest BCUT2D eigenvalue weighted by Gasteiger charge is -2.25. The molecule has 1 aliphatic heterocycles. The summed E-state index contributed by atoms with van der Waals surface area (Å²) in [6, 6.07) is 11.9. The van der Waals surface area contributed by atoms with Gasteiger partial charge in [-0.3, -0.25) is 4.79 Å². The van der Waals surface area contributed by atoms with Crippen LogP contribution in [-0.4, -0.2) is 31.7 Å². The molecule has 1 amide bonds. The molecule has 0 spiro atoms. The predicted octanol–water partition coefficient (Wildman–Crippen LogP) is 3.73. The molecule has 5 nitrogen and oxygen atoms in total. The Kier molecular flexibility index (Phi) is 5.44. The summed E-state index contributed by atoms with van der Waals surface area (Å²) >= 11 is 0. The van der Waals surface area contributed by atoms with Gasteiger partial charge in [-0.05, 0) is 74.2 Å². The average molecular weight is 372 g/mol. The fourth-order valence-electron chi connectivity index (χ4n) is 3.06. The third kappa shape index (κ3) is 3.97. The lowest BCUT2D eigenvalue weighted by atomic mass is 10.1. The number of piperidine rings is 1. The van der Waals surface area contributed by atoms with Gasteiger partial charge in [0.2, 0.25) is 10.0 Å². The number of amides is 1. The van der Waals surface area contributed by atoms with Gasteiger partial charge in [-0.1, -0.05) is 12.5 Å². The van der Waals surface area contributed by atoms with Gasteiger partial charge in [0.15, 0.2) is 0 Å². The Morgan fingerprint density at radius 3 is 2.19 bits per heavy atom. The lowest BCUT2D eigenvalue weighted by molar-refractivity contribution is 0.102. The van der Waals surface area contributed by atoms with E-state index in [4.69, 9.17) is 0 Å². The zero-order chi connectivity index (χ0) is 18.7. The molecule has 1 heterocycles. The van der Waals surface area contributed by atoms with E-state index in [-0.39, 0.29) is 10.8 Å². The summed E-state index contributed by atoms with van der Waals surface area (Å²) < 4.78 is 26.8. The number of anilines is 1. The summed E-state index contributed by atoms with van der Waals surface area (Å²) in [7, 11) is -3.47. The van der Waals surface area contributed by atoms with Crippen LogP contribution >= 0.6 is 0 Å². The summed E-state index contributed by atoms with van der Waals surface area (Å²) in [5, 5.41) is 2.85. The molecular formula is C20H24N2O3S. The second kappa shape index (κ2) is 7.60. The number of sulfonamides is 1. The Balaban J connectivity index is 1.74. The first-order chi connectivity index (χ1) is 12.4. The van der Waals surface area contributed by atoms with Gasteiger partial charge in [-0.2, -0.15) is 4.31 Å². The largest absolute Gasteiger partial charge is 0.322 e. The summed E-state index contributed by atoms with van der Waals surface area (Å²) in [6.07, 6.45) is 2.87. The zero-order valence-corrected chi connectivity index (χ0v) is 16.0. The maximum atomic E-state index is 12.7. The average Bonchev–Trinajstić information content (AvgIpc) is 2.65. The first-order valence-corrected chi connectivity index (χ1v) is 10.3. The van der Waals surface area contributed by atoms with Crippen molar-refractivity contribution < 1.29 is 13.2 Å². The van der Waals surface area contributed by atoms with Gasteiger partial charge in [0, 0.05) is 24.3 Å². The fourth-order valence-corrected chi connectivity index (χ4v) is 4.57. The summed E-state index contributed by atoms with van der Waals surface area (Å²) in [5.74, 6) is -0.254. The van der Waals surface area contributed by atoms with Crippen LogP contribution in [0.5, 0.6) is 0 Å². The number of carbonyl (C=O) groups is 1. The van der Waals surface area contributed by atoms with Gasteiger partial charge in [0.1, 0.15) is 0 Å². The maximum Gasteiger partial charge on any atom is 0.255 e. The van der Waals surface area contributed by atoms with Gasteiger partial charge in [-0.25, -0.2) is 8.42 Å². The van der Waals surface area contributed by atoms with Gasteiger partial charge in [0.05, 0.1) is 4.90 Å². The molecule has 1 saturated heterocycles. The highest BCUT2D eigenvalue weighted by Gasteiger charge is 2.25. The lowest BCUT2D eigenvalue weighted by Crippen LogP contribution is -2.35. The molecule has 0 bridgehead atoms. The smallest absolute Gasteiger partial charge is 0.255 e. The SMILES string of the molecule is Cc1ccc(NC(=O)c2ccc(S(=O)(=O)N3CCCCC3)cc2)cc1C. The van der Waals surface area contributed by atoms with E-state index in [0.29, 0.717) is 18.7 Å². The van der Waals surface area contributed by atoms with Gasteiger partial charge < -0.3 is 5.32 Å². The van der Waals surface area contributed by atoms with Crippen LogP contribution in [0.2, 0.25) is 0 Å². The van der Waals surface area contributed by atoms with Gasteiger partial charge in [0.25, 0.3) is 5.91 Å². The minimum Gasteiger partial charge on any atom is -0.322 e. The summed E-state index contributed by atoms with van der Waals surface area (Å²) in [5.41, 5.74) is 3.42. The standard InChI is InChI=1S/C20H24N2O3S/c1-15-6-9-18(14-16(15)2)21-20(23)17-7-10-19(11-8-17)26(24,25)22-12-4-3-5-13-22/h6-11,14H,3-5,12-13H2,1-2H3,(H,21,23). The zero-order valence-electron chi connectivity index (χ0n) is 15.2. The predicted molar refractivity (Wildman–Crippen MR) is 103 cm³/mol. The fraction of sp³-hybridized carbons (Fsp3) is 0.350. The Hall–Kier alpha value is -2.18. The van der Waals surface area contributed by atoms with Crippen LogP contribution in [0.25, 0.3) is 0 Å². The molecule has 138 valence electrons. The first-order valence-electron chi connectivity index (χ1n) is 8.87. The number of rotatable bonds is 4. The monoisotopic (exact) mass is 372 g/mol. The van der Waals surface area contributed by atoms with Gasteiger partial charge >= 0.3 is 0 Å². The molecule has 3 rings (SSSR count). The van der Waals surface area contributed by atoms with E-state index >= 15 is 0 Å². The number of hydrogen-bond acceptors (Lipinski definition) is 3. The number of hydrogen-bond donors (Lipinski definition) is 1. The highest BCUT2D eigenvalue weighted by atomic mass is 32.2. The number of benzene rings is 2. The molecule has 0 saturated carbocycles. The normalized spacial score (nSPS) is 15.6. The third-order valence-corrected chi connectivity index (χ3v) is 6.75. The summed E-state index contributed by atoms with van der Waals surface area (Å²) in [6.45, 7) is 5.14. The van der Waals surface area contributed by atoms with Crippen LogP contribution in [0.1, 0.15) is 40.7 Å². The van der Waals surface area contributed by atoms with Crippen molar-refractivity contribution >= 4 is 21.6 Å². The van der Waals surface area contributed by atoms with Crippen LogP contribution in [0.3, 0.4) is 0 Å². The van der Waals surface area contributed by atoms with E-state index in [0.717, 1.165) is 36.1 Å². The van der Waals surface area contributed by atoms with Crippen molar-refractivity contribution in [3.63, 3.8) is 0 Å². The quantitative estimate of drug-likeness (QED) is 0.889. The topological polar surface area (TPSA) is 66.5 Å². The molecule has 1 aliphatic rings. The van der Waals surface area contributed by atoms with E-state index in [1.54, 1.807) is 12.1 Å². The van der Waals surface area contributed by atoms with E-state index in [1.165, 1.54) is 16.4 Å². The highest BCUT2D eigenvalue weighted by molar-refractivity contribution is 7.89. The number of aryl methyl sites for hydroxylation is 2. The molecular weight excluding hydrogens is 348 g/mol. The molecule has 6 heteroatoms. The van der Waals surface area contributed by atoms with Crippen molar-refractivity contribution in [3.8, 4) is 0 Å². The van der Waals surface area contributed by atoms with Crippen molar-refractivity contribution in [1.82, 2.24) is 4.31 Å². The first kappa shape index (κ1) is 18.6. The summed E-state index contributed by atoms with van der Waals surface area (Å²) in [4.78, 5) is 12.6. The van der Waals surface area contributed by atoms with E-state index in [9.17, 15) is 13.2 Å². The molecule has 1 fully saturated rings. The molecule has 0 atom stereocenters. The second-order valence-corrected chi connectivity index (χ2v) is 8.68. The van der Waals surface area contributed by atoms with Crippen LogP contribution in [0, 0.1) is 13.8 Å². The molecule has 0 radical (unpaired) electrons. The molecule has 2 aromatic rings.